The Balaban J connectivity index is 1.56. The van der Waals surface area contributed by atoms with Crippen molar-refractivity contribution in [2.24, 2.45) is 13.0 Å². The number of likely N-dealkylation sites (tertiary alicyclic amines) is 1. The summed E-state index contributed by atoms with van der Waals surface area (Å²) in [6.07, 6.45) is 5.04. The van der Waals surface area contributed by atoms with Crippen LogP contribution in [0.25, 0.3) is 0 Å². The van der Waals surface area contributed by atoms with Crippen LogP contribution in [-0.4, -0.2) is 51.9 Å². The Hall–Kier alpha value is -1.63. The predicted octanol–water partition coefficient (Wildman–Crippen LogP) is 0.736. The van der Waals surface area contributed by atoms with Crippen LogP contribution in [0, 0.1) is 5.92 Å². The fraction of sp³-hybridized carbons (Fsp3) is 0.786. The average molecular weight is 294 g/mol. The minimum atomic E-state index is -0.135. The fourth-order valence-electron chi connectivity index (χ4n) is 2.68. The molecule has 0 saturated carbocycles. The van der Waals surface area contributed by atoms with Gasteiger partial charge in [-0.25, -0.2) is 9.78 Å². The standard InChI is InChI=1S/C14H26N6O/c1-3-20-8-5-12(6-9-20)4-7-15-14(21)16-10-13-17-11-18-19(13)2/h11-12H,3-10H2,1-2H3,(H2,15,16,21). The van der Waals surface area contributed by atoms with E-state index in [1.54, 1.807) is 4.68 Å². The molecule has 7 nitrogen and oxygen atoms in total. The van der Waals surface area contributed by atoms with Crippen molar-refractivity contribution in [2.75, 3.05) is 26.2 Å². The van der Waals surface area contributed by atoms with Gasteiger partial charge in [-0.1, -0.05) is 6.92 Å². The summed E-state index contributed by atoms with van der Waals surface area (Å²) >= 11 is 0. The molecule has 1 aromatic rings. The van der Waals surface area contributed by atoms with Gasteiger partial charge in [0.1, 0.15) is 12.2 Å². The zero-order valence-corrected chi connectivity index (χ0v) is 13.0. The van der Waals surface area contributed by atoms with Crippen LogP contribution >= 0.6 is 0 Å². The summed E-state index contributed by atoms with van der Waals surface area (Å²) in [7, 11) is 1.81. The Labute approximate surface area is 126 Å². The number of nitrogens with zero attached hydrogens (tertiary/aromatic N) is 4. The zero-order valence-electron chi connectivity index (χ0n) is 13.0. The maximum Gasteiger partial charge on any atom is 0.315 e. The van der Waals surface area contributed by atoms with Crippen molar-refractivity contribution in [3.05, 3.63) is 12.2 Å². The van der Waals surface area contributed by atoms with E-state index in [1.165, 1.54) is 32.3 Å². The van der Waals surface area contributed by atoms with Crippen LogP contribution in [0.5, 0.6) is 0 Å². The van der Waals surface area contributed by atoms with Gasteiger partial charge >= 0.3 is 6.03 Å². The smallest absolute Gasteiger partial charge is 0.315 e. The van der Waals surface area contributed by atoms with E-state index in [4.69, 9.17) is 0 Å². The molecule has 0 unspecified atom stereocenters. The van der Waals surface area contributed by atoms with Crippen molar-refractivity contribution in [3.63, 3.8) is 0 Å². The molecule has 1 aromatic heterocycles. The molecule has 2 rings (SSSR count). The quantitative estimate of drug-likeness (QED) is 0.811. The Morgan fingerprint density at radius 2 is 2.14 bits per heavy atom. The molecule has 0 aliphatic carbocycles. The number of rotatable bonds is 6. The number of carbonyl (C=O) groups excluding carboxylic acids is 1. The first-order chi connectivity index (χ1) is 10.2. The first-order valence-electron chi connectivity index (χ1n) is 7.76. The van der Waals surface area contributed by atoms with E-state index < -0.39 is 0 Å². The predicted molar refractivity (Wildman–Crippen MR) is 80.7 cm³/mol. The highest BCUT2D eigenvalue weighted by Crippen LogP contribution is 2.19. The third-order valence-corrected chi connectivity index (χ3v) is 4.20. The lowest BCUT2D eigenvalue weighted by atomic mass is 9.93. The van der Waals surface area contributed by atoms with Gasteiger partial charge in [0, 0.05) is 13.6 Å². The molecule has 1 aliphatic rings. The Morgan fingerprint density at radius 1 is 1.38 bits per heavy atom. The molecule has 0 atom stereocenters. The molecule has 2 heterocycles. The summed E-state index contributed by atoms with van der Waals surface area (Å²) in [5.41, 5.74) is 0. The average Bonchev–Trinajstić information content (AvgIpc) is 2.91. The number of hydrogen-bond donors (Lipinski definition) is 2. The van der Waals surface area contributed by atoms with Gasteiger partial charge < -0.3 is 15.5 Å². The second-order valence-corrected chi connectivity index (χ2v) is 5.58. The number of aromatic nitrogens is 3. The lowest BCUT2D eigenvalue weighted by Gasteiger charge is -2.31. The third-order valence-electron chi connectivity index (χ3n) is 4.20. The highest BCUT2D eigenvalue weighted by molar-refractivity contribution is 5.73. The van der Waals surface area contributed by atoms with Crippen LogP contribution < -0.4 is 10.6 Å². The highest BCUT2D eigenvalue weighted by Gasteiger charge is 2.17. The SMILES string of the molecule is CCN1CCC(CCNC(=O)NCc2ncnn2C)CC1. The minimum absolute atomic E-state index is 0.135. The second-order valence-electron chi connectivity index (χ2n) is 5.58. The van der Waals surface area contributed by atoms with Crippen molar-refractivity contribution in [3.8, 4) is 0 Å². The van der Waals surface area contributed by atoms with Crippen molar-refractivity contribution in [2.45, 2.75) is 32.7 Å². The molecule has 2 N–H and O–H groups in total. The van der Waals surface area contributed by atoms with Gasteiger partial charge in [-0.15, -0.1) is 0 Å². The summed E-state index contributed by atoms with van der Waals surface area (Å²) < 4.78 is 1.65. The first kappa shape index (κ1) is 15.8. The van der Waals surface area contributed by atoms with E-state index in [9.17, 15) is 4.79 Å². The third kappa shape index (κ3) is 5.00. The van der Waals surface area contributed by atoms with Crippen LogP contribution in [-0.2, 0) is 13.6 Å². The van der Waals surface area contributed by atoms with E-state index in [0.717, 1.165) is 31.3 Å². The molecule has 0 bridgehead atoms. The van der Waals surface area contributed by atoms with Crippen LogP contribution in [0.4, 0.5) is 4.79 Å². The van der Waals surface area contributed by atoms with Crippen LogP contribution in [0.15, 0.2) is 6.33 Å². The first-order valence-corrected chi connectivity index (χ1v) is 7.76. The van der Waals surface area contributed by atoms with Crippen LogP contribution in [0.1, 0.15) is 32.0 Å². The van der Waals surface area contributed by atoms with Gasteiger partial charge in [0.25, 0.3) is 0 Å². The van der Waals surface area contributed by atoms with Gasteiger partial charge in [0.15, 0.2) is 0 Å². The van der Waals surface area contributed by atoms with E-state index in [2.05, 4.69) is 32.5 Å². The number of nitrogens with one attached hydrogen (secondary N) is 2. The molecule has 0 spiro atoms. The molecule has 118 valence electrons. The van der Waals surface area contributed by atoms with E-state index in [0.29, 0.717) is 6.54 Å². The molecule has 0 aromatic carbocycles. The van der Waals surface area contributed by atoms with E-state index >= 15 is 0 Å². The Bertz CT molecular complexity index is 438. The number of carbonyl (C=O) groups is 1. The number of urea groups is 1. The number of piperidine rings is 1. The number of aryl methyl sites for hydroxylation is 1. The molecule has 1 fully saturated rings. The molecule has 21 heavy (non-hydrogen) atoms. The number of amides is 2. The highest BCUT2D eigenvalue weighted by atomic mass is 16.2. The van der Waals surface area contributed by atoms with Gasteiger partial charge in [0.2, 0.25) is 0 Å². The van der Waals surface area contributed by atoms with E-state index in [1.807, 2.05) is 7.05 Å². The van der Waals surface area contributed by atoms with Gasteiger partial charge in [-0.05, 0) is 44.8 Å². The van der Waals surface area contributed by atoms with Gasteiger partial charge in [-0.2, -0.15) is 5.10 Å². The van der Waals surface area contributed by atoms with Crippen molar-refractivity contribution < 1.29 is 4.79 Å². The minimum Gasteiger partial charge on any atom is -0.338 e. The molecule has 1 aliphatic heterocycles. The van der Waals surface area contributed by atoms with Gasteiger partial charge in [0.05, 0.1) is 6.54 Å². The van der Waals surface area contributed by atoms with E-state index in [-0.39, 0.29) is 6.03 Å². The zero-order chi connectivity index (χ0) is 15.1. The molecule has 2 amide bonds. The Kier molecular flexibility index (Phi) is 5.98. The van der Waals surface area contributed by atoms with Crippen molar-refractivity contribution >= 4 is 6.03 Å². The molecule has 1 saturated heterocycles. The summed E-state index contributed by atoms with van der Waals surface area (Å²) in [4.78, 5) is 18.2. The fourth-order valence-corrected chi connectivity index (χ4v) is 2.68. The van der Waals surface area contributed by atoms with Crippen molar-refractivity contribution in [1.82, 2.24) is 30.3 Å². The summed E-state index contributed by atoms with van der Waals surface area (Å²) in [6.45, 7) is 6.89. The maximum absolute atomic E-state index is 11.7. The lowest BCUT2D eigenvalue weighted by Crippen LogP contribution is -2.38. The second kappa shape index (κ2) is 7.97. The summed E-state index contributed by atoms with van der Waals surface area (Å²) in [5.74, 6) is 1.49. The Morgan fingerprint density at radius 3 is 2.76 bits per heavy atom. The summed E-state index contributed by atoms with van der Waals surface area (Å²) in [6, 6.07) is -0.135. The molecular formula is C14H26N6O. The maximum atomic E-state index is 11.7. The normalized spacial score (nSPS) is 16.9. The van der Waals surface area contributed by atoms with Crippen LogP contribution in [0.2, 0.25) is 0 Å². The number of hydrogen-bond acceptors (Lipinski definition) is 4. The summed E-state index contributed by atoms with van der Waals surface area (Å²) in [5, 5.41) is 9.68. The van der Waals surface area contributed by atoms with Crippen molar-refractivity contribution in [1.29, 1.82) is 0 Å². The largest absolute Gasteiger partial charge is 0.338 e. The molecule has 7 heteroatoms. The van der Waals surface area contributed by atoms with Gasteiger partial charge in [-0.3, -0.25) is 4.68 Å². The topological polar surface area (TPSA) is 75.1 Å². The lowest BCUT2D eigenvalue weighted by molar-refractivity contribution is 0.186. The molecular weight excluding hydrogens is 268 g/mol. The molecule has 0 radical (unpaired) electrons. The van der Waals surface area contributed by atoms with Crippen LogP contribution in [0.3, 0.4) is 0 Å². The monoisotopic (exact) mass is 294 g/mol.